The van der Waals surface area contributed by atoms with Gasteiger partial charge in [0.15, 0.2) is 0 Å². The molecule has 0 amide bonds. The molecule has 3 aliphatic rings. The predicted molar refractivity (Wildman–Crippen MR) is 69.1 cm³/mol. The van der Waals surface area contributed by atoms with E-state index in [0.29, 0.717) is 5.41 Å². The third kappa shape index (κ3) is 2.25. The number of nitrogens with one attached hydrogen (secondary N) is 1. The highest BCUT2D eigenvalue weighted by molar-refractivity contribution is 4.97. The Labute approximate surface area is 105 Å². The molecular weight excluding hydrogens is 212 g/mol. The van der Waals surface area contributed by atoms with Gasteiger partial charge in [-0.25, -0.2) is 0 Å². The first-order valence-corrected chi connectivity index (χ1v) is 7.33. The Morgan fingerprint density at radius 1 is 1.29 bits per heavy atom. The number of nitrogens with zero attached hydrogens (tertiary/aromatic N) is 1. The Balaban J connectivity index is 1.56. The average Bonchev–Trinajstić information content (AvgIpc) is 2.24. The predicted octanol–water partition coefficient (Wildman–Crippen LogP) is 1.49. The van der Waals surface area contributed by atoms with E-state index in [1.165, 1.54) is 38.8 Å². The van der Waals surface area contributed by atoms with E-state index in [1.807, 2.05) is 0 Å². The fraction of sp³-hybridized carbons (Fsp3) is 1.00. The first-order valence-electron chi connectivity index (χ1n) is 7.33. The minimum absolute atomic E-state index is 0.558. The van der Waals surface area contributed by atoms with Gasteiger partial charge in [-0.2, -0.15) is 0 Å². The highest BCUT2D eigenvalue weighted by Crippen LogP contribution is 2.49. The molecule has 1 saturated carbocycles. The Morgan fingerprint density at radius 2 is 2.00 bits per heavy atom. The Morgan fingerprint density at radius 3 is 2.47 bits per heavy atom. The number of hydrogen-bond donors (Lipinski definition) is 1. The molecule has 1 atom stereocenters. The number of piperazine rings is 1. The molecule has 1 N–H and O–H groups in total. The van der Waals surface area contributed by atoms with Crippen molar-refractivity contribution in [1.82, 2.24) is 10.2 Å². The minimum Gasteiger partial charge on any atom is -0.380 e. The lowest BCUT2D eigenvalue weighted by molar-refractivity contribution is -0.173. The van der Waals surface area contributed by atoms with Crippen molar-refractivity contribution < 1.29 is 4.74 Å². The van der Waals surface area contributed by atoms with Gasteiger partial charge in [0.05, 0.1) is 13.2 Å². The first-order chi connectivity index (χ1) is 8.30. The summed E-state index contributed by atoms with van der Waals surface area (Å²) in [5.41, 5.74) is 0.558. The molecule has 98 valence electrons. The summed E-state index contributed by atoms with van der Waals surface area (Å²) < 4.78 is 5.55. The van der Waals surface area contributed by atoms with Gasteiger partial charge in [-0.15, -0.1) is 0 Å². The second-order valence-electron chi connectivity index (χ2n) is 6.32. The van der Waals surface area contributed by atoms with Crippen molar-refractivity contribution in [3.63, 3.8) is 0 Å². The molecule has 1 aliphatic carbocycles. The van der Waals surface area contributed by atoms with Crippen LogP contribution in [0.2, 0.25) is 0 Å². The summed E-state index contributed by atoms with van der Waals surface area (Å²) >= 11 is 0. The van der Waals surface area contributed by atoms with E-state index in [9.17, 15) is 0 Å². The maximum atomic E-state index is 5.55. The molecule has 3 heteroatoms. The van der Waals surface area contributed by atoms with E-state index in [-0.39, 0.29) is 0 Å². The molecule has 0 aromatic heterocycles. The van der Waals surface area contributed by atoms with Gasteiger partial charge in [-0.05, 0) is 32.1 Å². The molecule has 3 fully saturated rings. The molecule has 3 rings (SSSR count). The smallest absolute Gasteiger partial charge is 0.0548 e. The maximum Gasteiger partial charge on any atom is 0.0548 e. The first kappa shape index (κ1) is 11.9. The second-order valence-corrected chi connectivity index (χ2v) is 6.32. The molecule has 2 saturated heterocycles. The average molecular weight is 238 g/mol. The summed E-state index contributed by atoms with van der Waals surface area (Å²) in [7, 11) is 0. The number of rotatable bonds is 4. The molecule has 0 aromatic rings. The number of ether oxygens (including phenoxy) is 1. The second kappa shape index (κ2) is 4.87. The van der Waals surface area contributed by atoms with Crippen LogP contribution in [0.15, 0.2) is 0 Å². The van der Waals surface area contributed by atoms with Crippen LogP contribution in [0.5, 0.6) is 0 Å². The van der Waals surface area contributed by atoms with Crippen molar-refractivity contribution in [1.29, 1.82) is 0 Å². The fourth-order valence-electron chi connectivity index (χ4n) is 3.75. The summed E-state index contributed by atoms with van der Waals surface area (Å²) in [6, 6.07) is 0.738. The van der Waals surface area contributed by atoms with Crippen LogP contribution in [0, 0.1) is 11.3 Å². The van der Waals surface area contributed by atoms with Crippen molar-refractivity contribution in [3.8, 4) is 0 Å². The van der Waals surface area contributed by atoms with E-state index in [2.05, 4.69) is 17.1 Å². The normalized spacial score (nSPS) is 31.6. The molecule has 2 heterocycles. The van der Waals surface area contributed by atoms with Crippen LogP contribution in [0.1, 0.15) is 32.6 Å². The van der Waals surface area contributed by atoms with Gasteiger partial charge in [0, 0.05) is 37.6 Å². The maximum absolute atomic E-state index is 5.55. The lowest BCUT2D eigenvalue weighted by Crippen LogP contribution is -2.55. The third-order valence-electron chi connectivity index (χ3n) is 5.23. The van der Waals surface area contributed by atoms with Crippen LogP contribution in [0.25, 0.3) is 0 Å². The van der Waals surface area contributed by atoms with Crippen molar-refractivity contribution >= 4 is 0 Å². The molecule has 1 unspecified atom stereocenters. The molecule has 2 aliphatic heterocycles. The van der Waals surface area contributed by atoms with Crippen molar-refractivity contribution in [2.24, 2.45) is 11.3 Å². The van der Waals surface area contributed by atoms with E-state index >= 15 is 0 Å². The van der Waals surface area contributed by atoms with Gasteiger partial charge in [0.25, 0.3) is 0 Å². The van der Waals surface area contributed by atoms with Gasteiger partial charge in [-0.1, -0.05) is 6.42 Å². The van der Waals surface area contributed by atoms with Crippen LogP contribution in [-0.2, 0) is 4.74 Å². The van der Waals surface area contributed by atoms with Crippen molar-refractivity contribution in [3.05, 3.63) is 0 Å². The Hall–Kier alpha value is -0.120. The zero-order chi connectivity index (χ0) is 11.7. The molecule has 17 heavy (non-hydrogen) atoms. The highest BCUT2D eigenvalue weighted by Gasteiger charge is 2.48. The lowest BCUT2D eigenvalue weighted by atomic mass is 9.61. The van der Waals surface area contributed by atoms with Crippen LogP contribution < -0.4 is 5.32 Å². The monoisotopic (exact) mass is 238 g/mol. The van der Waals surface area contributed by atoms with Crippen molar-refractivity contribution in [2.45, 2.75) is 38.6 Å². The van der Waals surface area contributed by atoms with Gasteiger partial charge >= 0.3 is 0 Å². The van der Waals surface area contributed by atoms with Crippen LogP contribution >= 0.6 is 0 Å². The van der Waals surface area contributed by atoms with Crippen molar-refractivity contribution in [2.75, 3.05) is 39.4 Å². The number of hydrogen-bond acceptors (Lipinski definition) is 3. The van der Waals surface area contributed by atoms with Gasteiger partial charge in [0.1, 0.15) is 0 Å². The molecule has 0 spiro atoms. The zero-order valence-electron chi connectivity index (χ0n) is 11.1. The Kier molecular flexibility index (Phi) is 3.42. The molecule has 0 bridgehead atoms. The summed E-state index contributed by atoms with van der Waals surface area (Å²) in [6.45, 7) is 9.27. The van der Waals surface area contributed by atoms with Crippen LogP contribution in [0.4, 0.5) is 0 Å². The Bertz CT molecular complexity index is 255. The topological polar surface area (TPSA) is 24.5 Å². The van der Waals surface area contributed by atoms with Crippen LogP contribution in [0.3, 0.4) is 0 Å². The van der Waals surface area contributed by atoms with E-state index in [4.69, 9.17) is 4.74 Å². The minimum atomic E-state index is 0.558. The molecule has 3 nitrogen and oxygen atoms in total. The van der Waals surface area contributed by atoms with E-state index < -0.39 is 0 Å². The lowest BCUT2D eigenvalue weighted by Gasteiger charge is -2.53. The quantitative estimate of drug-likeness (QED) is 0.803. The van der Waals surface area contributed by atoms with Gasteiger partial charge in [0.2, 0.25) is 0 Å². The molecule has 0 radical (unpaired) electrons. The van der Waals surface area contributed by atoms with Gasteiger partial charge < -0.3 is 10.1 Å². The molecular formula is C14H26N2O. The van der Waals surface area contributed by atoms with E-state index in [1.54, 1.807) is 0 Å². The summed E-state index contributed by atoms with van der Waals surface area (Å²) in [5, 5.41) is 3.44. The zero-order valence-corrected chi connectivity index (χ0v) is 11.1. The SMILES string of the molecule is CC(CC1(C2CCC2)COC1)N1CCNCC1. The summed E-state index contributed by atoms with van der Waals surface area (Å²) in [6.07, 6.45) is 5.72. The van der Waals surface area contributed by atoms with E-state index in [0.717, 1.165) is 38.3 Å². The van der Waals surface area contributed by atoms with Gasteiger partial charge in [-0.3, -0.25) is 4.90 Å². The fourth-order valence-corrected chi connectivity index (χ4v) is 3.75. The summed E-state index contributed by atoms with van der Waals surface area (Å²) in [5.74, 6) is 0.974. The summed E-state index contributed by atoms with van der Waals surface area (Å²) in [4.78, 5) is 2.66. The highest BCUT2D eigenvalue weighted by atomic mass is 16.5. The third-order valence-corrected chi connectivity index (χ3v) is 5.23. The van der Waals surface area contributed by atoms with Crippen LogP contribution in [-0.4, -0.2) is 50.3 Å². The largest absolute Gasteiger partial charge is 0.380 e. The standard InChI is InChI=1S/C14H26N2O/c1-12(16-7-5-15-6-8-16)9-14(10-17-11-14)13-3-2-4-13/h12-13,15H,2-11H2,1H3. The molecule has 0 aromatic carbocycles.